The fraction of sp³-hybridized carbons (Fsp3) is 0.500. The maximum Gasteiger partial charge on any atom is 0.257 e. The van der Waals surface area contributed by atoms with Crippen LogP contribution >= 0.6 is 11.6 Å². The lowest BCUT2D eigenvalue weighted by Crippen LogP contribution is -2.45. The van der Waals surface area contributed by atoms with E-state index in [2.05, 4.69) is 0 Å². The van der Waals surface area contributed by atoms with Crippen molar-refractivity contribution in [2.24, 2.45) is 0 Å². The Hall–Kier alpha value is -1.13. The molecule has 104 valence electrons. The average Bonchev–Trinajstić information content (AvgIpc) is 2.31. The van der Waals surface area contributed by atoms with Crippen LogP contribution in [-0.2, 0) is 0 Å². The Balaban J connectivity index is 2.17. The van der Waals surface area contributed by atoms with Gasteiger partial charge in [0.1, 0.15) is 5.82 Å². The second kappa shape index (κ2) is 6.35. The number of aliphatic hydroxyl groups excluding tert-OH is 1. The molecule has 0 aliphatic heterocycles. The predicted octanol–water partition coefficient (Wildman–Crippen LogP) is 2.86. The second-order valence-corrected chi connectivity index (χ2v) is 5.22. The molecule has 5 heteroatoms. The van der Waals surface area contributed by atoms with E-state index in [-0.39, 0.29) is 29.1 Å². The molecule has 0 bridgehead atoms. The summed E-state index contributed by atoms with van der Waals surface area (Å²) in [6, 6.07) is 4.27. The lowest BCUT2D eigenvalue weighted by atomic mass is 9.90. The van der Waals surface area contributed by atoms with Crippen molar-refractivity contribution in [1.29, 1.82) is 0 Å². The van der Waals surface area contributed by atoms with E-state index in [1.54, 1.807) is 4.90 Å². The van der Waals surface area contributed by atoms with E-state index in [0.717, 1.165) is 25.3 Å². The van der Waals surface area contributed by atoms with Gasteiger partial charge in [-0.2, -0.15) is 0 Å². The molecule has 1 N–H and O–H groups in total. The van der Waals surface area contributed by atoms with Crippen molar-refractivity contribution < 1.29 is 14.3 Å². The van der Waals surface area contributed by atoms with Crippen LogP contribution in [0.3, 0.4) is 0 Å². The standard InChI is InChI=1S/C14H17ClFNO2/c15-10-5-6-12(13(16)9-10)14(19)17(7-2-8-18)11-3-1-4-11/h5-6,9,11,18H,1-4,7-8H2. The Morgan fingerprint density at radius 2 is 2.21 bits per heavy atom. The highest BCUT2D eigenvalue weighted by atomic mass is 35.5. The number of nitrogens with zero attached hydrogens (tertiary/aromatic N) is 1. The lowest BCUT2D eigenvalue weighted by Gasteiger charge is -2.37. The summed E-state index contributed by atoms with van der Waals surface area (Å²) in [5.74, 6) is -0.905. The molecular formula is C14H17ClFNO2. The summed E-state index contributed by atoms with van der Waals surface area (Å²) < 4.78 is 13.8. The summed E-state index contributed by atoms with van der Waals surface area (Å²) >= 11 is 5.69. The second-order valence-electron chi connectivity index (χ2n) is 4.78. The highest BCUT2D eigenvalue weighted by Gasteiger charge is 2.30. The van der Waals surface area contributed by atoms with E-state index in [1.807, 2.05) is 0 Å². The molecule has 2 rings (SSSR count). The van der Waals surface area contributed by atoms with Gasteiger partial charge in [0.05, 0.1) is 5.56 Å². The largest absolute Gasteiger partial charge is 0.396 e. The highest BCUT2D eigenvalue weighted by molar-refractivity contribution is 6.30. The molecule has 0 heterocycles. The van der Waals surface area contributed by atoms with Gasteiger partial charge >= 0.3 is 0 Å². The van der Waals surface area contributed by atoms with Crippen LogP contribution in [0.5, 0.6) is 0 Å². The fourth-order valence-corrected chi connectivity index (χ4v) is 2.37. The van der Waals surface area contributed by atoms with E-state index in [1.165, 1.54) is 12.1 Å². The zero-order chi connectivity index (χ0) is 13.8. The third-order valence-corrected chi connectivity index (χ3v) is 3.73. The van der Waals surface area contributed by atoms with Crippen molar-refractivity contribution in [3.8, 4) is 0 Å². The first-order chi connectivity index (χ1) is 9.13. The Morgan fingerprint density at radius 1 is 1.47 bits per heavy atom. The zero-order valence-corrected chi connectivity index (χ0v) is 11.4. The minimum atomic E-state index is -0.592. The quantitative estimate of drug-likeness (QED) is 0.904. The van der Waals surface area contributed by atoms with Crippen LogP contribution in [0.1, 0.15) is 36.0 Å². The molecular weight excluding hydrogens is 269 g/mol. The van der Waals surface area contributed by atoms with Gasteiger partial charge in [0, 0.05) is 24.2 Å². The molecule has 0 radical (unpaired) electrons. The summed E-state index contributed by atoms with van der Waals surface area (Å²) in [6.45, 7) is 0.488. The fourth-order valence-electron chi connectivity index (χ4n) is 2.21. The summed E-state index contributed by atoms with van der Waals surface area (Å²) in [7, 11) is 0. The van der Waals surface area contributed by atoms with Gasteiger partial charge in [0.15, 0.2) is 0 Å². The van der Waals surface area contributed by atoms with Crippen LogP contribution < -0.4 is 0 Å². The van der Waals surface area contributed by atoms with Gasteiger partial charge in [-0.15, -0.1) is 0 Å². The normalized spacial score (nSPS) is 15.1. The average molecular weight is 286 g/mol. The van der Waals surface area contributed by atoms with Crippen LogP contribution in [0.15, 0.2) is 18.2 Å². The van der Waals surface area contributed by atoms with Crippen LogP contribution in [0.2, 0.25) is 5.02 Å². The van der Waals surface area contributed by atoms with Crippen molar-refractivity contribution in [3.63, 3.8) is 0 Å². The van der Waals surface area contributed by atoms with Crippen molar-refractivity contribution >= 4 is 17.5 Å². The van der Waals surface area contributed by atoms with Gasteiger partial charge in [0.25, 0.3) is 5.91 Å². The number of hydrogen-bond acceptors (Lipinski definition) is 2. The van der Waals surface area contributed by atoms with Gasteiger partial charge in [-0.3, -0.25) is 4.79 Å². The Labute approximate surface area is 117 Å². The first kappa shape index (κ1) is 14.3. The van der Waals surface area contributed by atoms with Crippen molar-refractivity contribution in [1.82, 2.24) is 4.90 Å². The summed E-state index contributed by atoms with van der Waals surface area (Å²) in [4.78, 5) is 14.1. The van der Waals surface area contributed by atoms with Crippen LogP contribution in [0, 0.1) is 5.82 Å². The van der Waals surface area contributed by atoms with Crippen molar-refractivity contribution in [3.05, 3.63) is 34.6 Å². The van der Waals surface area contributed by atoms with Crippen molar-refractivity contribution in [2.45, 2.75) is 31.7 Å². The molecule has 1 aromatic carbocycles. The molecule has 0 spiro atoms. The molecule has 0 unspecified atom stereocenters. The van der Waals surface area contributed by atoms with E-state index in [4.69, 9.17) is 16.7 Å². The maximum absolute atomic E-state index is 13.8. The molecule has 1 amide bonds. The predicted molar refractivity (Wildman–Crippen MR) is 71.8 cm³/mol. The van der Waals surface area contributed by atoms with Gasteiger partial charge in [-0.05, 0) is 43.9 Å². The number of carbonyl (C=O) groups is 1. The minimum absolute atomic E-state index is 0.0274. The number of halogens is 2. The van der Waals surface area contributed by atoms with Crippen LogP contribution in [0.25, 0.3) is 0 Å². The Kier molecular flexibility index (Phi) is 4.77. The first-order valence-corrected chi connectivity index (χ1v) is 6.88. The number of hydrogen-bond donors (Lipinski definition) is 1. The van der Waals surface area contributed by atoms with E-state index < -0.39 is 5.82 Å². The molecule has 0 atom stereocenters. The maximum atomic E-state index is 13.8. The van der Waals surface area contributed by atoms with Crippen LogP contribution in [-0.4, -0.2) is 35.1 Å². The number of rotatable bonds is 5. The third kappa shape index (κ3) is 3.25. The highest BCUT2D eigenvalue weighted by Crippen LogP contribution is 2.27. The van der Waals surface area contributed by atoms with Crippen molar-refractivity contribution in [2.75, 3.05) is 13.2 Å². The summed E-state index contributed by atoms with van der Waals surface area (Å²) in [6.07, 6.45) is 3.51. The minimum Gasteiger partial charge on any atom is -0.396 e. The molecule has 19 heavy (non-hydrogen) atoms. The smallest absolute Gasteiger partial charge is 0.257 e. The first-order valence-electron chi connectivity index (χ1n) is 6.50. The van der Waals surface area contributed by atoms with Crippen LogP contribution in [0.4, 0.5) is 4.39 Å². The SMILES string of the molecule is O=C(c1ccc(Cl)cc1F)N(CCCO)C1CCC1. The third-order valence-electron chi connectivity index (χ3n) is 3.50. The van der Waals surface area contributed by atoms with E-state index in [9.17, 15) is 9.18 Å². The number of benzene rings is 1. The molecule has 1 saturated carbocycles. The molecule has 1 aromatic rings. The number of aliphatic hydroxyl groups is 1. The molecule has 0 saturated heterocycles. The van der Waals surface area contributed by atoms with Gasteiger partial charge in [-0.1, -0.05) is 11.6 Å². The Bertz CT molecular complexity index is 463. The van der Waals surface area contributed by atoms with E-state index >= 15 is 0 Å². The zero-order valence-electron chi connectivity index (χ0n) is 10.6. The number of amides is 1. The topological polar surface area (TPSA) is 40.5 Å². The summed E-state index contributed by atoms with van der Waals surface area (Å²) in [5.41, 5.74) is 0.0502. The molecule has 1 aliphatic rings. The molecule has 3 nitrogen and oxygen atoms in total. The summed E-state index contributed by atoms with van der Waals surface area (Å²) in [5, 5.41) is 9.18. The Morgan fingerprint density at radius 3 is 2.74 bits per heavy atom. The molecule has 0 aromatic heterocycles. The lowest BCUT2D eigenvalue weighted by molar-refractivity contribution is 0.0558. The molecule has 1 aliphatic carbocycles. The van der Waals surface area contributed by atoms with Gasteiger partial charge < -0.3 is 10.0 Å². The molecule has 1 fully saturated rings. The van der Waals surface area contributed by atoms with E-state index in [0.29, 0.717) is 13.0 Å². The van der Waals surface area contributed by atoms with Gasteiger partial charge in [0.2, 0.25) is 0 Å². The van der Waals surface area contributed by atoms with Gasteiger partial charge in [-0.25, -0.2) is 4.39 Å². The monoisotopic (exact) mass is 285 g/mol. The number of carbonyl (C=O) groups excluding carboxylic acids is 1.